The van der Waals surface area contributed by atoms with E-state index in [0.29, 0.717) is 0 Å². The molecule has 264 valence electrons. The summed E-state index contributed by atoms with van der Waals surface area (Å²) in [6.07, 6.45) is 0. The van der Waals surface area contributed by atoms with Crippen molar-refractivity contribution in [3.63, 3.8) is 0 Å². The maximum absolute atomic E-state index is 6.22. The molecule has 57 heavy (non-hydrogen) atoms. The van der Waals surface area contributed by atoms with Crippen molar-refractivity contribution in [2.75, 3.05) is 0 Å². The lowest BCUT2D eigenvalue weighted by Gasteiger charge is -2.18. The summed E-state index contributed by atoms with van der Waals surface area (Å²) in [6.45, 7) is 0. The van der Waals surface area contributed by atoms with Crippen molar-refractivity contribution in [3.8, 4) is 33.4 Å². The highest BCUT2D eigenvalue weighted by atomic mass is 32.1. The first-order valence-corrected chi connectivity index (χ1v) is 21.0. The van der Waals surface area contributed by atoms with Crippen LogP contribution in [0.3, 0.4) is 0 Å². The van der Waals surface area contributed by atoms with E-state index in [9.17, 15) is 0 Å². The number of furan rings is 1. The van der Waals surface area contributed by atoms with Gasteiger partial charge in [-0.2, -0.15) is 0 Å². The molecule has 3 aromatic heterocycles. The summed E-state index contributed by atoms with van der Waals surface area (Å²) >= 11 is 3.84. The Bertz CT molecular complexity index is 3750. The van der Waals surface area contributed by atoms with Gasteiger partial charge in [0.25, 0.3) is 0 Å². The molecule has 0 aliphatic rings. The lowest BCUT2D eigenvalue weighted by molar-refractivity contribution is 0.669. The smallest absolute Gasteiger partial charge is 0.135 e. The molecule has 3 heterocycles. The van der Waals surface area contributed by atoms with Crippen LogP contribution in [0, 0.1) is 0 Å². The largest absolute Gasteiger partial charge is 0.456 e. The molecule has 0 N–H and O–H groups in total. The van der Waals surface area contributed by atoms with E-state index in [0.717, 1.165) is 21.9 Å². The second kappa shape index (κ2) is 11.9. The highest BCUT2D eigenvalue weighted by Crippen LogP contribution is 2.49. The summed E-state index contributed by atoms with van der Waals surface area (Å²) in [5, 5.41) is 15.4. The topological polar surface area (TPSA) is 13.1 Å². The third-order valence-electron chi connectivity index (χ3n) is 12.1. The molecule has 0 fully saturated rings. The fraction of sp³-hybridized carbons (Fsp3) is 0. The van der Waals surface area contributed by atoms with Crippen LogP contribution in [-0.4, -0.2) is 0 Å². The van der Waals surface area contributed by atoms with Crippen LogP contribution in [0.25, 0.3) is 128 Å². The Hall–Kier alpha value is -6.78. The molecule has 10 aromatic carbocycles. The zero-order valence-corrected chi connectivity index (χ0v) is 32.2. The second-order valence-electron chi connectivity index (χ2n) is 15.1. The summed E-state index contributed by atoms with van der Waals surface area (Å²) in [6, 6.07) is 67.0. The molecular weight excluding hydrogens is 729 g/mol. The highest BCUT2D eigenvalue weighted by molar-refractivity contribution is 7.30. The van der Waals surface area contributed by atoms with E-state index in [-0.39, 0.29) is 0 Å². The van der Waals surface area contributed by atoms with E-state index in [1.54, 1.807) is 0 Å². The molecule has 0 aliphatic heterocycles. The lowest BCUT2D eigenvalue weighted by atomic mass is 9.85. The summed E-state index contributed by atoms with van der Waals surface area (Å²) in [7, 11) is 0. The van der Waals surface area contributed by atoms with Crippen LogP contribution in [0.4, 0.5) is 0 Å². The van der Waals surface area contributed by atoms with Gasteiger partial charge >= 0.3 is 0 Å². The molecule has 0 radical (unpaired) electrons. The van der Waals surface area contributed by atoms with Crippen molar-refractivity contribution in [3.05, 3.63) is 182 Å². The van der Waals surface area contributed by atoms with Gasteiger partial charge in [0.15, 0.2) is 0 Å². The Labute approximate surface area is 335 Å². The van der Waals surface area contributed by atoms with Crippen molar-refractivity contribution in [1.82, 2.24) is 0 Å². The number of benzene rings is 10. The van der Waals surface area contributed by atoms with Gasteiger partial charge in [-0.1, -0.05) is 146 Å². The quantitative estimate of drug-likeness (QED) is 0.164. The first-order chi connectivity index (χ1) is 28.3. The molecule has 0 unspecified atom stereocenters. The van der Waals surface area contributed by atoms with Crippen molar-refractivity contribution < 1.29 is 4.42 Å². The van der Waals surface area contributed by atoms with Crippen LogP contribution in [0.5, 0.6) is 0 Å². The minimum Gasteiger partial charge on any atom is -0.456 e. The average Bonchev–Trinajstić information content (AvgIpc) is 3.96. The highest BCUT2D eigenvalue weighted by Gasteiger charge is 2.20. The van der Waals surface area contributed by atoms with Gasteiger partial charge in [-0.05, 0) is 102 Å². The molecule has 0 amide bonds. The van der Waals surface area contributed by atoms with Crippen LogP contribution in [-0.2, 0) is 0 Å². The summed E-state index contributed by atoms with van der Waals surface area (Å²) < 4.78 is 11.6. The molecule has 3 heteroatoms. The SMILES string of the molecule is c1ccc2c(c1)oc1ccc(-c3c4ccccc4c(-c4ccc(-c5cc6sc7ccc8c9ccccc9sc8c7c6c6ccccc56)cc4)c4ccccc34)cc12. The summed E-state index contributed by atoms with van der Waals surface area (Å²) in [5.41, 5.74) is 9.27. The minimum atomic E-state index is 0.915. The average molecular weight is 759 g/mol. The molecule has 1 nitrogen and oxygen atoms in total. The molecular formula is C54H30OS2. The maximum atomic E-state index is 6.22. The Morgan fingerprint density at radius 1 is 0.298 bits per heavy atom. The number of rotatable bonds is 3. The number of hydrogen-bond acceptors (Lipinski definition) is 3. The molecule has 0 atom stereocenters. The number of fused-ring (bicyclic) bond motifs is 14. The summed E-state index contributed by atoms with van der Waals surface area (Å²) in [5.74, 6) is 0. The van der Waals surface area contributed by atoms with Gasteiger partial charge in [-0.3, -0.25) is 0 Å². The molecule has 13 rings (SSSR count). The van der Waals surface area contributed by atoms with Gasteiger partial charge in [0, 0.05) is 51.1 Å². The number of hydrogen-bond donors (Lipinski definition) is 0. The van der Waals surface area contributed by atoms with Gasteiger partial charge in [0.05, 0.1) is 0 Å². The molecule has 0 aliphatic carbocycles. The van der Waals surface area contributed by atoms with Gasteiger partial charge < -0.3 is 4.42 Å². The lowest BCUT2D eigenvalue weighted by Crippen LogP contribution is -1.91. The van der Waals surface area contributed by atoms with Gasteiger partial charge in [-0.25, -0.2) is 0 Å². The normalized spacial score (nSPS) is 12.2. The Balaban J connectivity index is 0.996. The predicted molar refractivity (Wildman–Crippen MR) is 248 cm³/mol. The Kier molecular flexibility index (Phi) is 6.54. The van der Waals surface area contributed by atoms with Crippen LogP contribution in [0.2, 0.25) is 0 Å². The van der Waals surface area contributed by atoms with E-state index in [4.69, 9.17) is 4.42 Å². The fourth-order valence-electron chi connectivity index (χ4n) is 9.59. The van der Waals surface area contributed by atoms with Crippen molar-refractivity contribution >= 4 is 117 Å². The zero-order chi connectivity index (χ0) is 37.2. The third kappa shape index (κ3) is 4.50. The van der Waals surface area contributed by atoms with E-state index >= 15 is 0 Å². The Morgan fingerprint density at radius 3 is 1.60 bits per heavy atom. The first kappa shape index (κ1) is 31.4. The molecule has 0 spiro atoms. The molecule has 13 aromatic rings. The van der Waals surface area contributed by atoms with Crippen LogP contribution in [0.15, 0.2) is 186 Å². The zero-order valence-electron chi connectivity index (χ0n) is 30.5. The molecule has 0 bridgehead atoms. The molecule has 0 saturated carbocycles. The van der Waals surface area contributed by atoms with Crippen LogP contribution in [0.1, 0.15) is 0 Å². The van der Waals surface area contributed by atoms with Crippen LogP contribution >= 0.6 is 22.7 Å². The monoisotopic (exact) mass is 758 g/mol. The van der Waals surface area contributed by atoms with Crippen molar-refractivity contribution in [2.24, 2.45) is 0 Å². The minimum absolute atomic E-state index is 0.915. The second-order valence-corrected chi connectivity index (χ2v) is 17.2. The van der Waals surface area contributed by atoms with Crippen molar-refractivity contribution in [1.29, 1.82) is 0 Å². The van der Waals surface area contributed by atoms with E-state index < -0.39 is 0 Å². The van der Waals surface area contributed by atoms with E-state index in [1.807, 2.05) is 34.8 Å². The Morgan fingerprint density at radius 2 is 0.860 bits per heavy atom. The van der Waals surface area contributed by atoms with E-state index in [1.165, 1.54) is 106 Å². The number of thiophene rings is 2. The number of para-hydroxylation sites is 1. The maximum Gasteiger partial charge on any atom is 0.135 e. The first-order valence-electron chi connectivity index (χ1n) is 19.4. The summed E-state index contributed by atoms with van der Waals surface area (Å²) in [4.78, 5) is 0. The van der Waals surface area contributed by atoms with Gasteiger partial charge in [0.1, 0.15) is 11.2 Å². The fourth-order valence-corrected chi connectivity index (χ4v) is 12.1. The van der Waals surface area contributed by atoms with Crippen molar-refractivity contribution in [2.45, 2.75) is 0 Å². The van der Waals surface area contributed by atoms with E-state index in [2.05, 4.69) is 170 Å². The van der Waals surface area contributed by atoms with Crippen LogP contribution < -0.4 is 0 Å². The predicted octanol–water partition coefficient (Wildman–Crippen LogP) is 16.8. The van der Waals surface area contributed by atoms with Gasteiger partial charge in [-0.15, -0.1) is 22.7 Å². The molecule has 0 saturated heterocycles. The standard InChI is InChI=1S/C54H30OS2/c1-2-14-37-34(11-1)43(30-49-52(37)53-48(56-49)28-26-42-36-13-8-10-20-47(36)57-54(42)53)31-21-23-32(24-22-31)50-38-15-3-5-17-40(38)51(41-18-6-4-16-39(41)50)33-25-27-46-44(29-33)35-12-7-9-19-45(35)55-46/h1-30H. The third-order valence-corrected chi connectivity index (χ3v) is 14.4. The van der Waals surface area contributed by atoms with Gasteiger partial charge in [0.2, 0.25) is 0 Å².